The van der Waals surface area contributed by atoms with Crippen molar-refractivity contribution < 1.29 is 14.3 Å². The number of carbonyl (C=O) groups is 2. The summed E-state index contributed by atoms with van der Waals surface area (Å²) in [7, 11) is 1.24. The van der Waals surface area contributed by atoms with Crippen LogP contribution in [0.25, 0.3) is 11.0 Å². The number of hydrogen-bond donors (Lipinski definition) is 2. The zero-order valence-electron chi connectivity index (χ0n) is 13.4. The number of nitriles is 1. The molecule has 0 radical (unpaired) electrons. The van der Waals surface area contributed by atoms with E-state index in [0.717, 1.165) is 19.3 Å². The largest absolute Gasteiger partial charge is 0.453 e. The number of nitrogens with zero attached hydrogens (tertiary/aromatic N) is 3. The number of carbonyl (C=O) groups excluding carboxylic acids is 2. The molecule has 8 nitrogen and oxygen atoms in total. The predicted octanol–water partition coefficient (Wildman–Crippen LogP) is 2.86. The zero-order valence-corrected chi connectivity index (χ0v) is 13.4. The van der Waals surface area contributed by atoms with E-state index in [2.05, 4.69) is 26.4 Å². The molecule has 126 valence electrons. The van der Waals surface area contributed by atoms with E-state index in [1.807, 2.05) is 0 Å². The van der Waals surface area contributed by atoms with E-state index >= 15 is 0 Å². The molecule has 1 aromatic carbocycles. The van der Waals surface area contributed by atoms with Crippen LogP contribution in [0.5, 0.6) is 0 Å². The van der Waals surface area contributed by atoms with Gasteiger partial charge in [-0.2, -0.15) is 5.26 Å². The predicted molar refractivity (Wildman–Crippen MR) is 88.6 cm³/mol. The molecule has 0 saturated heterocycles. The number of fused-ring (bicyclic) bond motifs is 1. The first kappa shape index (κ1) is 17.3. The highest BCUT2D eigenvalue weighted by Crippen LogP contribution is 2.19. The van der Waals surface area contributed by atoms with Crippen LogP contribution in [-0.4, -0.2) is 35.3 Å². The van der Waals surface area contributed by atoms with Crippen molar-refractivity contribution >= 4 is 29.1 Å². The Balaban J connectivity index is 2.10. The van der Waals surface area contributed by atoms with Gasteiger partial charge in [-0.3, -0.25) is 5.32 Å². The van der Waals surface area contributed by atoms with Crippen LogP contribution in [0, 0.1) is 11.3 Å². The Morgan fingerprint density at radius 2 is 2.08 bits per heavy atom. The minimum atomic E-state index is -0.698. The molecule has 0 fully saturated rings. The summed E-state index contributed by atoms with van der Waals surface area (Å²) in [6.07, 6.45) is 2.28. The van der Waals surface area contributed by atoms with E-state index < -0.39 is 6.09 Å². The smallest absolute Gasteiger partial charge is 0.413 e. The maximum absolute atomic E-state index is 12.5. The number of rotatable bonds is 6. The normalized spacial score (nSPS) is 10.2. The number of unbranched alkanes of at least 4 members (excludes halogenated alkanes) is 3. The van der Waals surface area contributed by atoms with Crippen LogP contribution in [0.15, 0.2) is 24.3 Å². The first-order valence-corrected chi connectivity index (χ1v) is 7.65. The van der Waals surface area contributed by atoms with Gasteiger partial charge in [-0.05, 0) is 25.0 Å². The molecule has 2 N–H and O–H groups in total. The third-order valence-electron chi connectivity index (χ3n) is 3.40. The Labute approximate surface area is 139 Å². The van der Waals surface area contributed by atoms with E-state index in [0.29, 0.717) is 24.0 Å². The summed E-state index contributed by atoms with van der Waals surface area (Å²) >= 11 is 0. The van der Waals surface area contributed by atoms with Crippen molar-refractivity contribution in [3.8, 4) is 6.07 Å². The van der Waals surface area contributed by atoms with Gasteiger partial charge in [-0.25, -0.2) is 19.1 Å². The van der Waals surface area contributed by atoms with Gasteiger partial charge in [0.05, 0.1) is 24.2 Å². The topological polar surface area (TPSA) is 109 Å². The molecule has 2 amide bonds. The van der Waals surface area contributed by atoms with Crippen molar-refractivity contribution in [1.82, 2.24) is 14.9 Å². The van der Waals surface area contributed by atoms with Crippen LogP contribution in [-0.2, 0) is 4.74 Å². The van der Waals surface area contributed by atoms with Crippen LogP contribution in [0.1, 0.15) is 25.7 Å². The van der Waals surface area contributed by atoms with Crippen LogP contribution >= 0.6 is 0 Å². The van der Waals surface area contributed by atoms with Crippen molar-refractivity contribution in [3.05, 3.63) is 24.3 Å². The molecule has 8 heteroatoms. The minimum Gasteiger partial charge on any atom is -0.453 e. The number of methoxy groups -OCH3 is 1. The Bertz CT molecular complexity index is 763. The van der Waals surface area contributed by atoms with Gasteiger partial charge in [0.25, 0.3) is 0 Å². The van der Waals surface area contributed by atoms with Gasteiger partial charge >= 0.3 is 12.1 Å². The lowest BCUT2D eigenvalue weighted by Gasteiger charge is -2.09. The van der Waals surface area contributed by atoms with Crippen molar-refractivity contribution in [2.45, 2.75) is 25.7 Å². The summed E-state index contributed by atoms with van der Waals surface area (Å²) < 4.78 is 5.87. The number of imidazole rings is 1. The van der Waals surface area contributed by atoms with Gasteiger partial charge in [0.1, 0.15) is 0 Å². The van der Waals surface area contributed by atoms with Gasteiger partial charge in [-0.1, -0.05) is 18.6 Å². The fourth-order valence-corrected chi connectivity index (χ4v) is 2.24. The number of ether oxygens (including phenoxy) is 1. The van der Waals surface area contributed by atoms with Crippen LogP contribution in [0.4, 0.5) is 15.5 Å². The number of hydrogen-bond acceptors (Lipinski definition) is 5. The molecule has 0 bridgehead atoms. The summed E-state index contributed by atoms with van der Waals surface area (Å²) in [5.74, 6) is 0.102. The summed E-state index contributed by atoms with van der Waals surface area (Å²) in [6.45, 7) is 0.481. The maximum Gasteiger partial charge on any atom is 0.413 e. The molecule has 2 aromatic rings. The number of anilines is 1. The first-order chi connectivity index (χ1) is 11.7. The quantitative estimate of drug-likeness (QED) is 0.792. The van der Waals surface area contributed by atoms with E-state index in [1.54, 1.807) is 24.3 Å². The second-order valence-electron chi connectivity index (χ2n) is 5.08. The summed E-state index contributed by atoms with van der Waals surface area (Å²) in [5, 5.41) is 13.7. The second-order valence-corrected chi connectivity index (χ2v) is 5.08. The number of aromatic nitrogens is 2. The van der Waals surface area contributed by atoms with Crippen LogP contribution in [0.3, 0.4) is 0 Å². The number of para-hydroxylation sites is 2. The van der Waals surface area contributed by atoms with Crippen molar-refractivity contribution in [3.63, 3.8) is 0 Å². The highest BCUT2D eigenvalue weighted by molar-refractivity contribution is 5.96. The SMILES string of the molecule is COC(=O)Nc1nc2ccccc2n1C(=O)NCCCCCC#N. The van der Waals surface area contributed by atoms with E-state index in [-0.39, 0.29) is 12.0 Å². The fourth-order valence-electron chi connectivity index (χ4n) is 2.24. The molecule has 0 aliphatic carbocycles. The molecule has 0 atom stereocenters. The molecule has 2 rings (SSSR count). The number of benzene rings is 1. The minimum absolute atomic E-state index is 0.102. The summed E-state index contributed by atoms with van der Waals surface area (Å²) in [5.41, 5.74) is 1.18. The zero-order chi connectivity index (χ0) is 17.4. The summed E-state index contributed by atoms with van der Waals surface area (Å²) in [4.78, 5) is 28.2. The monoisotopic (exact) mass is 329 g/mol. The molecular formula is C16H19N5O3. The lowest BCUT2D eigenvalue weighted by Crippen LogP contribution is -2.31. The number of amides is 2. The molecule has 0 spiro atoms. The average Bonchev–Trinajstić information content (AvgIpc) is 2.95. The van der Waals surface area contributed by atoms with Gasteiger partial charge in [0, 0.05) is 13.0 Å². The van der Waals surface area contributed by atoms with Crippen LogP contribution in [0.2, 0.25) is 0 Å². The molecule has 0 aliphatic heterocycles. The Morgan fingerprint density at radius 1 is 1.29 bits per heavy atom. The van der Waals surface area contributed by atoms with Crippen molar-refractivity contribution in [2.24, 2.45) is 0 Å². The Morgan fingerprint density at radius 3 is 2.83 bits per heavy atom. The van der Waals surface area contributed by atoms with Gasteiger partial charge in [0.2, 0.25) is 5.95 Å². The third-order valence-corrected chi connectivity index (χ3v) is 3.40. The van der Waals surface area contributed by atoms with Gasteiger partial charge < -0.3 is 10.1 Å². The Hall–Kier alpha value is -3.08. The highest BCUT2D eigenvalue weighted by Gasteiger charge is 2.18. The van der Waals surface area contributed by atoms with Crippen LogP contribution < -0.4 is 10.6 Å². The van der Waals surface area contributed by atoms with E-state index in [4.69, 9.17) is 5.26 Å². The van der Waals surface area contributed by atoms with E-state index in [9.17, 15) is 9.59 Å². The van der Waals surface area contributed by atoms with Gasteiger partial charge in [-0.15, -0.1) is 0 Å². The molecular weight excluding hydrogens is 310 g/mol. The average molecular weight is 329 g/mol. The fraction of sp³-hybridized carbons (Fsp3) is 0.375. The second kappa shape index (κ2) is 8.53. The lowest BCUT2D eigenvalue weighted by molar-refractivity contribution is 0.186. The van der Waals surface area contributed by atoms with Crippen molar-refractivity contribution in [2.75, 3.05) is 19.0 Å². The molecule has 0 aliphatic rings. The number of nitrogens with one attached hydrogen (secondary N) is 2. The molecule has 24 heavy (non-hydrogen) atoms. The maximum atomic E-state index is 12.5. The third kappa shape index (κ3) is 4.23. The van der Waals surface area contributed by atoms with E-state index in [1.165, 1.54) is 11.7 Å². The standard InChI is InChI=1S/C16H19N5O3/c1-24-16(23)20-14-19-12-8-4-5-9-13(12)21(14)15(22)18-11-7-3-2-6-10-17/h4-5,8-9H,2-3,6-7,11H2,1H3,(H,18,22)(H,19,20,23). The molecule has 0 unspecified atom stereocenters. The molecule has 1 aromatic heterocycles. The molecule has 0 saturated carbocycles. The Kier molecular flexibility index (Phi) is 6.14. The lowest BCUT2D eigenvalue weighted by atomic mass is 10.2. The van der Waals surface area contributed by atoms with Crippen molar-refractivity contribution in [1.29, 1.82) is 5.26 Å². The summed E-state index contributed by atoms with van der Waals surface area (Å²) in [6, 6.07) is 8.80. The first-order valence-electron chi connectivity index (χ1n) is 7.65. The van der Waals surface area contributed by atoms with Gasteiger partial charge in [0.15, 0.2) is 0 Å². The molecule has 1 heterocycles. The highest BCUT2D eigenvalue weighted by atomic mass is 16.5.